The Bertz CT molecular complexity index is 912. The molecule has 0 radical (unpaired) electrons. The van der Waals surface area contributed by atoms with Crippen LogP contribution in [0.2, 0.25) is 0 Å². The molecule has 0 aliphatic heterocycles. The van der Waals surface area contributed by atoms with Gasteiger partial charge in [-0.2, -0.15) is 8.78 Å². The van der Waals surface area contributed by atoms with Gasteiger partial charge in [0.25, 0.3) is 0 Å². The second-order valence-corrected chi connectivity index (χ2v) is 6.64. The summed E-state index contributed by atoms with van der Waals surface area (Å²) >= 11 is 0.971. The highest BCUT2D eigenvalue weighted by atomic mass is 32.2. The molecule has 2 aromatic carbocycles. The molecule has 0 saturated carbocycles. The predicted octanol–water partition coefficient (Wildman–Crippen LogP) is 4.32. The lowest BCUT2D eigenvalue weighted by Gasteiger charge is -2.17. The number of amides is 1. The molecule has 0 saturated heterocycles. The number of carbonyl (C=O) groups excluding carboxylic acids is 1. The van der Waals surface area contributed by atoms with E-state index in [0.29, 0.717) is 17.6 Å². The van der Waals surface area contributed by atoms with Crippen molar-refractivity contribution in [1.82, 2.24) is 14.5 Å². The van der Waals surface area contributed by atoms with E-state index in [2.05, 4.69) is 4.98 Å². The fourth-order valence-corrected chi connectivity index (χ4v) is 3.45. The highest BCUT2D eigenvalue weighted by Gasteiger charge is 2.19. The first-order valence-electron chi connectivity index (χ1n) is 7.82. The maximum atomic E-state index is 13.4. The molecule has 0 atom stereocenters. The number of alkyl halides is 2. The Balaban J connectivity index is 1.68. The smallest absolute Gasteiger partial charge is 0.321 e. The first-order valence-corrected chi connectivity index (χ1v) is 8.80. The molecule has 3 aromatic rings. The first-order chi connectivity index (χ1) is 12.5. The molecule has 1 amide bonds. The minimum absolute atomic E-state index is 0.0201. The Labute approximate surface area is 152 Å². The number of hydrogen-bond donors (Lipinski definition) is 0. The topological polar surface area (TPSA) is 38.1 Å². The van der Waals surface area contributed by atoms with Gasteiger partial charge in [0.15, 0.2) is 5.16 Å². The molecular weight excluding hydrogens is 363 g/mol. The molecule has 0 bridgehead atoms. The van der Waals surface area contributed by atoms with Crippen LogP contribution in [0, 0.1) is 5.82 Å². The summed E-state index contributed by atoms with van der Waals surface area (Å²) in [6, 6.07) is 12.5. The number of nitrogens with zero attached hydrogens (tertiary/aromatic N) is 3. The van der Waals surface area contributed by atoms with Crippen LogP contribution in [0.5, 0.6) is 0 Å². The van der Waals surface area contributed by atoms with E-state index in [4.69, 9.17) is 0 Å². The van der Waals surface area contributed by atoms with E-state index in [-0.39, 0.29) is 22.6 Å². The Morgan fingerprint density at radius 3 is 2.58 bits per heavy atom. The van der Waals surface area contributed by atoms with Crippen molar-refractivity contribution in [2.45, 2.75) is 18.3 Å². The molecule has 0 spiro atoms. The Kier molecular flexibility index (Phi) is 5.51. The van der Waals surface area contributed by atoms with Crippen LogP contribution in [-0.2, 0) is 11.3 Å². The van der Waals surface area contributed by atoms with E-state index in [1.807, 2.05) is 0 Å². The first kappa shape index (κ1) is 18.3. The zero-order chi connectivity index (χ0) is 18.7. The van der Waals surface area contributed by atoms with Crippen molar-refractivity contribution in [3.05, 3.63) is 59.9 Å². The summed E-state index contributed by atoms with van der Waals surface area (Å²) in [5.41, 5.74) is 1.58. The van der Waals surface area contributed by atoms with Crippen molar-refractivity contribution in [2.75, 3.05) is 12.8 Å². The lowest BCUT2D eigenvalue weighted by molar-refractivity contribution is -0.127. The lowest BCUT2D eigenvalue weighted by Crippen LogP contribution is -2.27. The van der Waals surface area contributed by atoms with E-state index in [9.17, 15) is 18.0 Å². The Morgan fingerprint density at radius 2 is 1.88 bits per heavy atom. The largest absolute Gasteiger partial charge is 0.341 e. The van der Waals surface area contributed by atoms with Gasteiger partial charge < -0.3 is 4.90 Å². The van der Waals surface area contributed by atoms with Gasteiger partial charge in [-0.3, -0.25) is 9.36 Å². The van der Waals surface area contributed by atoms with E-state index in [1.165, 1.54) is 17.0 Å². The number of benzene rings is 2. The standard InChI is InChI=1S/C18H16F3N3OS/c1-23(10-12-6-8-13(19)9-7-12)16(25)11-26-18-22-14-4-2-3-5-15(14)24(18)17(20)21/h2-9,17H,10-11H2,1H3. The van der Waals surface area contributed by atoms with Crippen molar-refractivity contribution in [3.63, 3.8) is 0 Å². The van der Waals surface area contributed by atoms with Crippen LogP contribution in [0.4, 0.5) is 13.2 Å². The second-order valence-electron chi connectivity index (χ2n) is 5.70. The summed E-state index contributed by atoms with van der Waals surface area (Å²) < 4.78 is 40.5. The van der Waals surface area contributed by atoms with Crippen molar-refractivity contribution in [3.8, 4) is 0 Å². The normalized spacial score (nSPS) is 11.3. The zero-order valence-corrected chi connectivity index (χ0v) is 14.7. The number of imidazole rings is 1. The van der Waals surface area contributed by atoms with Crippen LogP contribution >= 0.6 is 11.8 Å². The molecule has 8 heteroatoms. The maximum absolute atomic E-state index is 13.4. The summed E-state index contributed by atoms with van der Waals surface area (Å²) in [4.78, 5) is 18.0. The number of rotatable bonds is 6. The van der Waals surface area contributed by atoms with Crippen LogP contribution in [0.3, 0.4) is 0 Å². The summed E-state index contributed by atoms with van der Waals surface area (Å²) in [6.45, 7) is -2.43. The number of carbonyl (C=O) groups is 1. The predicted molar refractivity (Wildman–Crippen MR) is 94.6 cm³/mol. The summed E-state index contributed by atoms with van der Waals surface area (Å²) in [6.07, 6.45) is 0. The van der Waals surface area contributed by atoms with Crippen LogP contribution < -0.4 is 0 Å². The van der Waals surface area contributed by atoms with Gasteiger partial charge in [0.2, 0.25) is 5.91 Å². The van der Waals surface area contributed by atoms with Crippen LogP contribution in [0.15, 0.2) is 53.7 Å². The fraction of sp³-hybridized carbons (Fsp3) is 0.222. The number of fused-ring (bicyclic) bond motifs is 1. The number of para-hydroxylation sites is 2. The van der Waals surface area contributed by atoms with Crippen LogP contribution in [0.25, 0.3) is 11.0 Å². The Morgan fingerprint density at radius 1 is 1.19 bits per heavy atom. The van der Waals surface area contributed by atoms with E-state index < -0.39 is 6.55 Å². The van der Waals surface area contributed by atoms with E-state index in [0.717, 1.165) is 21.9 Å². The SMILES string of the molecule is CN(Cc1ccc(F)cc1)C(=O)CSc1nc2ccccc2n1C(F)F. The third-order valence-electron chi connectivity index (χ3n) is 3.84. The molecule has 0 aliphatic rings. The minimum atomic E-state index is -2.74. The van der Waals surface area contributed by atoms with Gasteiger partial charge in [-0.25, -0.2) is 9.37 Å². The fourth-order valence-electron chi connectivity index (χ4n) is 2.50. The quantitative estimate of drug-likeness (QED) is 0.599. The third-order valence-corrected chi connectivity index (χ3v) is 4.78. The van der Waals surface area contributed by atoms with Gasteiger partial charge in [0.1, 0.15) is 5.82 Å². The average Bonchev–Trinajstić information content (AvgIpc) is 3.00. The highest BCUT2D eigenvalue weighted by molar-refractivity contribution is 7.99. The van der Waals surface area contributed by atoms with E-state index >= 15 is 0 Å². The molecule has 1 aromatic heterocycles. The van der Waals surface area contributed by atoms with Gasteiger partial charge in [0.05, 0.1) is 16.8 Å². The van der Waals surface area contributed by atoms with Gasteiger partial charge in [0, 0.05) is 13.6 Å². The molecule has 3 rings (SSSR count). The molecule has 0 fully saturated rings. The average molecular weight is 379 g/mol. The van der Waals surface area contributed by atoms with Crippen molar-refractivity contribution < 1.29 is 18.0 Å². The van der Waals surface area contributed by atoms with Crippen molar-refractivity contribution >= 4 is 28.7 Å². The van der Waals surface area contributed by atoms with Gasteiger partial charge in [-0.1, -0.05) is 36.0 Å². The number of halogens is 3. The van der Waals surface area contributed by atoms with Gasteiger partial charge in [-0.05, 0) is 29.8 Å². The van der Waals surface area contributed by atoms with Gasteiger partial charge in [-0.15, -0.1) is 0 Å². The summed E-state index contributed by atoms with van der Waals surface area (Å²) in [5.74, 6) is -0.593. The minimum Gasteiger partial charge on any atom is -0.341 e. The number of hydrogen-bond acceptors (Lipinski definition) is 3. The molecule has 1 heterocycles. The van der Waals surface area contributed by atoms with E-state index in [1.54, 1.807) is 43.4 Å². The molecule has 4 nitrogen and oxygen atoms in total. The highest BCUT2D eigenvalue weighted by Crippen LogP contribution is 2.29. The molecule has 0 unspecified atom stereocenters. The van der Waals surface area contributed by atoms with Crippen LogP contribution in [-0.4, -0.2) is 33.2 Å². The molecule has 0 N–H and O–H groups in total. The summed E-state index contributed by atoms with van der Waals surface area (Å²) in [5, 5.41) is 0.102. The molecule has 136 valence electrons. The van der Waals surface area contributed by atoms with Crippen molar-refractivity contribution in [2.24, 2.45) is 0 Å². The molecule has 0 aliphatic carbocycles. The maximum Gasteiger partial charge on any atom is 0.321 e. The zero-order valence-electron chi connectivity index (χ0n) is 13.9. The lowest BCUT2D eigenvalue weighted by atomic mass is 10.2. The summed E-state index contributed by atoms with van der Waals surface area (Å²) in [7, 11) is 1.61. The molecule has 26 heavy (non-hydrogen) atoms. The monoisotopic (exact) mass is 379 g/mol. The number of aromatic nitrogens is 2. The van der Waals surface area contributed by atoms with Crippen molar-refractivity contribution in [1.29, 1.82) is 0 Å². The Hall–Kier alpha value is -2.48. The third kappa shape index (κ3) is 4.01. The van der Waals surface area contributed by atoms with Gasteiger partial charge >= 0.3 is 6.55 Å². The number of thioether (sulfide) groups is 1. The molecular formula is C18H16F3N3OS. The van der Waals surface area contributed by atoms with Crippen LogP contribution in [0.1, 0.15) is 12.1 Å². The second kappa shape index (κ2) is 7.82.